The van der Waals surface area contributed by atoms with Crippen LogP contribution in [0, 0.1) is 0 Å². The number of carbonyl (C=O) groups excluding carboxylic acids is 3. The number of benzene rings is 2. The fourth-order valence-corrected chi connectivity index (χ4v) is 3.56. The maximum Gasteiger partial charge on any atom is 0.414 e. The number of anilines is 1. The van der Waals surface area contributed by atoms with Crippen LogP contribution in [0.4, 0.5) is 16.2 Å². The van der Waals surface area contributed by atoms with Crippen LogP contribution in [0.1, 0.15) is 34.1 Å². The summed E-state index contributed by atoms with van der Waals surface area (Å²) in [4.78, 5) is 41.0. The van der Waals surface area contributed by atoms with Crippen molar-refractivity contribution in [2.24, 2.45) is 4.99 Å². The van der Waals surface area contributed by atoms with Crippen LogP contribution in [-0.4, -0.2) is 34.2 Å². The first-order chi connectivity index (χ1) is 15.2. The van der Waals surface area contributed by atoms with Gasteiger partial charge in [-0.15, -0.1) is 0 Å². The second-order valence-corrected chi connectivity index (χ2v) is 8.36. The molecule has 3 N–H and O–H groups in total. The van der Waals surface area contributed by atoms with Crippen LogP contribution in [-0.2, 0) is 25.1 Å². The standard InChI is InChI=1S/C22H26N4O5S/c1-5-20(28)25-21(26-22(29)31-14(2)3)24-18-12-11-17(13-19(18)23-15(4)27)32(30)16-9-7-6-8-10-16/h6-14H,5H2,1-4H3,(H,23,27)(H2,24,25,26,28,29). The molecule has 0 fully saturated rings. The summed E-state index contributed by atoms with van der Waals surface area (Å²) in [6, 6.07) is 13.5. The minimum Gasteiger partial charge on any atom is -0.447 e. The number of carbonyl (C=O) groups is 3. The van der Waals surface area contributed by atoms with Crippen LogP contribution < -0.4 is 16.0 Å². The van der Waals surface area contributed by atoms with Gasteiger partial charge >= 0.3 is 6.09 Å². The van der Waals surface area contributed by atoms with Crippen molar-refractivity contribution in [2.75, 3.05) is 5.32 Å². The number of nitrogens with zero attached hydrogens (tertiary/aromatic N) is 1. The van der Waals surface area contributed by atoms with Crippen molar-refractivity contribution in [1.82, 2.24) is 10.6 Å². The van der Waals surface area contributed by atoms with E-state index in [1.165, 1.54) is 19.1 Å². The first-order valence-electron chi connectivity index (χ1n) is 9.94. The summed E-state index contributed by atoms with van der Waals surface area (Å²) in [6.07, 6.45) is -1.01. The molecular weight excluding hydrogens is 432 g/mol. The Bertz CT molecular complexity index is 1040. The number of amides is 3. The van der Waals surface area contributed by atoms with E-state index in [0.29, 0.717) is 9.79 Å². The van der Waals surface area contributed by atoms with Crippen molar-refractivity contribution < 1.29 is 23.3 Å². The molecule has 0 spiro atoms. The molecule has 170 valence electrons. The van der Waals surface area contributed by atoms with Crippen molar-refractivity contribution in [2.45, 2.75) is 50.0 Å². The van der Waals surface area contributed by atoms with Gasteiger partial charge in [0.15, 0.2) is 0 Å². The minimum absolute atomic E-state index is 0.160. The zero-order valence-corrected chi connectivity index (χ0v) is 19.1. The largest absolute Gasteiger partial charge is 0.447 e. The Labute approximate surface area is 189 Å². The summed E-state index contributed by atoms with van der Waals surface area (Å²) >= 11 is 0. The van der Waals surface area contributed by atoms with E-state index in [2.05, 4.69) is 20.9 Å². The van der Waals surface area contributed by atoms with Gasteiger partial charge in [0.2, 0.25) is 17.8 Å². The Kier molecular flexibility index (Phi) is 9.08. The van der Waals surface area contributed by atoms with Crippen LogP contribution >= 0.6 is 0 Å². The number of hydrogen-bond donors (Lipinski definition) is 3. The molecule has 0 aliphatic heterocycles. The number of aliphatic imine (C=N–C) groups is 1. The van der Waals surface area contributed by atoms with Crippen molar-refractivity contribution in [3.05, 3.63) is 48.5 Å². The molecular formula is C22H26N4O5S. The van der Waals surface area contributed by atoms with Crippen molar-refractivity contribution >= 4 is 46.0 Å². The molecule has 0 saturated carbocycles. The predicted molar refractivity (Wildman–Crippen MR) is 122 cm³/mol. The molecule has 1 unspecified atom stereocenters. The Hall–Kier alpha value is -3.53. The molecule has 0 heterocycles. The normalized spacial score (nSPS) is 12.1. The smallest absolute Gasteiger partial charge is 0.414 e. The van der Waals surface area contributed by atoms with Crippen LogP contribution in [0.15, 0.2) is 63.3 Å². The molecule has 0 bridgehead atoms. The van der Waals surface area contributed by atoms with E-state index in [-0.39, 0.29) is 41.7 Å². The lowest BCUT2D eigenvalue weighted by Crippen LogP contribution is -2.44. The number of rotatable bonds is 6. The molecule has 0 aliphatic rings. The quantitative estimate of drug-likeness (QED) is 0.451. The molecule has 1 atom stereocenters. The number of alkyl carbamates (subject to hydrolysis) is 1. The lowest BCUT2D eigenvalue weighted by Gasteiger charge is -2.14. The summed E-state index contributed by atoms with van der Waals surface area (Å²) < 4.78 is 17.9. The highest BCUT2D eigenvalue weighted by atomic mass is 32.2. The van der Waals surface area contributed by atoms with Crippen molar-refractivity contribution in [1.29, 1.82) is 0 Å². The van der Waals surface area contributed by atoms with Crippen molar-refractivity contribution in [3.63, 3.8) is 0 Å². The van der Waals surface area contributed by atoms with Gasteiger partial charge in [-0.2, -0.15) is 0 Å². The highest BCUT2D eigenvalue weighted by Crippen LogP contribution is 2.29. The maximum atomic E-state index is 12.9. The van der Waals surface area contributed by atoms with Crippen LogP contribution in [0.25, 0.3) is 0 Å². The lowest BCUT2D eigenvalue weighted by molar-refractivity contribution is -0.119. The molecule has 0 saturated heterocycles. The summed E-state index contributed by atoms with van der Waals surface area (Å²) in [5.41, 5.74) is 0.506. The summed E-state index contributed by atoms with van der Waals surface area (Å²) in [5, 5.41) is 7.52. The summed E-state index contributed by atoms with van der Waals surface area (Å²) in [6.45, 7) is 6.34. The topological polar surface area (TPSA) is 126 Å². The first kappa shape index (κ1) is 24.7. The van der Waals surface area contributed by atoms with E-state index in [0.717, 1.165) is 0 Å². The van der Waals surface area contributed by atoms with Crippen LogP contribution in [0.5, 0.6) is 0 Å². The summed E-state index contributed by atoms with van der Waals surface area (Å²) in [7, 11) is -1.48. The Morgan fingerprint density at radius 1 is 1.03 bits per heavy atom. The van der Waals surface area contributed by atoms with E-state index < -0.39 is 16.9 Å². The van der Waals surface area contributed by atoms with Gasteiger partial charge in [-0.25, -0.2) is 14.0 Å². The number of guanidine groups is 1. The first-order valence-corrected chi connectivity index (χ1v) is 11.1. The van der Waals surface area contributed by atoms with E-state index in [1.54, 1.807) is 51.1 Å². The Morgan fingerprint density at radius 3 is 2.31 bits per heavy atom. The van der Waals surface area contributed by atoms with Gasteiger partial charge in [-0.1, -0.05) is 25.1 Å². The minimum atomic E-state index is -1.48. The van der Waals surface area contributed by atoms with E-state index in [4.69, 9.17) is 4.74 Å². The van der Waals surface area contributed by atoms with Crippen LogP contribution in [0.2, 0.25) is 0 Å². The van der Waals surface area contributed by atoms with Gasteiger partial charge in [0.1, 0.15) is 0 Å². The molecule has 10 heteroatoms. The molecule has 2 aromatic rings. The van der Waals surface area contributed by atoms with E-state index in [9.17, 15) is 18.6 Å². The second kappa shape index (κ2) is 11.8. The third-order valence-corrected chi connectivity index (χ3v) is 5.21. The average Bonchev–Trinajstić information content (AvgIpc) is 2.73. The highest BCUT2D eigenvalue weighted by Gasteiger charge is 2.15. The molecule has 0 aromatic heterocycles. The highest BCUT2D eigenvalue weighted by molar-refractivity contribution is 7.85. The third kappa shape index (κ3) is 7.62. The van der Waals surface area contributed by atoms with Crippen LogP contribution in [0.3, 0.4) is 0 Å². The third-order valence-electron chi connectivity index (χ3n) is 3.82. The molecule has 2 aromatic carbocycles. The Balaban J connectivity index is 2.44. The number of hydrogen-bond acceptors (Lipinski definition) is 6. The zero-order valence-electron chi connectivity index (χ0n) is 18.3. The van der Waals surface area contributed by atoms with Crippen molar-refractivity contribution in [3.8, 4) is 0 Å². The van der Waals surface area contributed by atoms with Gasteiger partial charge in [0, 0.05) is 23.1 Å². The second-order valence-electron chi connectivity index (χ2n) is 6.88. The summed E-state index contributed by atoms with van der Waals surface area (Å²) in [5.74, 6) is -0.905. The number of ether oxygens (including phenoxy) is 1. The van der Waals surface area contributed by atoms with Gasteiger partial charge in [0.05, 0.1) is 28.3 Å². The number of nitrogens with one attached hydrogen (secondary N) is 3. The lowest BCUT2D eigenvalue weighted by atomic mass is 10.2. The average molecular weight is 459 g/mol. The Morgan fingerprint density at radius 2 is 1.72 bits per heavy atom. The molecule has 2 rings (SSSR count). The zero-order chi connectivity index (χ0) is 23.7. The van der Waals surface area contributed by atoms with Gasteiger partial charge in [-0.3, -0.25) is 20.2 Å². The molecule has 0 radical (unpaired) electrons. The fourth-order valence-electron chi connectivity index (χ4n) is 2.47. The monoisotopic (exact) mass is 458 g/mol. The molecule has 9 nitrogen and oxygen atoms in total. The van der Waals surface area contributed by atoms with Gasteiger partial charge in [-0.05, 0) is 44.2 Å². The van der Waals surface area contributed by atoms with E-state index in [1.807, 2.05) is 6.07 Å². The van der Waals surface area contributed by atoms with E-state index >= 15 is 0 Å². The molecule has 32 heavy (non-hydrogen) atoms. The molecule has 0 aliphatic carbocycles. The molecule has 3 amide bonds. The fraction of sp³-hybridized carbons (Fsp3) is 0.273. The van der Waals surface area contributed by atoms with Gasteiger partial charge < -0.3 is 10.1 Å². The van der Waals surface area contributed by atoms with Gasteiger partial charge in [0.25, 0.3) is 0 Å². The SMILES string of the molecule is CCC(=O)NC(=Nc1ccc(S(=O)c2ccccc2)cc1NC(C)=O)NC(=O)OC(C)C. The maximum absolute atomic E-state index is 12.9. The predicted octanol–water partition coefficient (Wildman–Crippen LogP) is 3.46.